The van der Waals surface area contributed by atoms with Crippen LogP contribution in [0.3, 0.4) is 0 Å². The van der Waals surface area contributed by atoms with Crippen molar-refractivity contribution in [3.63, 3.8) is 0 Å². The molecule has 1 atom stereocenters. The monoisotopic (exact) mass is 476 g/mol. The zero-order valence-electron chi connectivity index (χ0n) is 21.3. The Labute approximate surface area is 209 Å². The summed E-state index contributed by atoms with van der Waals surface area (Å²) in [6.07, 6.45) is 9.86. The van der Waals surface area contributed by atoms with Crippen LogP contribution < -0.4 is 11.3 Å². The number of nitrogens with two attached hydrogens (primary N) is 1. The smallest absolute Gasteiger partial charge is 0.258 e. The second kappa shape index (κ2) is 13.8. The first kappa shape index (κ1) is 26.6. The molecule has 0 aliphatic heterocycles. The summed E-state index contributed by atoms with van der Waals surface area (Å²) in [5.74, 6) is 0.473. The highest BCUT2D eigenvalue weighted by atomic mass is 16.2. The normalized spacial score (nSPS) is 12.1. The number of amides is 1. The number of hydrogen-bond acceptors (Lipinski definition) is 4. The van der Waals surface area contributed by atoms with Crippen molar-refractivity contribution in [2.75, 3.05) is 13.1 Å². The lowest BCUT2D eigenvalue weighted by atomic mass is 10.0. The largest absolute Gasteiger partial charge is 0.330 e. The average Bonchev–Trinajstić information content (AvgIpc) is 2.88. The third-order valence-electron chi connectivity index (χ3n) is 6.63. The summed E-state index contributed by atoms with van der Waals surface area (Å²) in [4.78, 5) is 35.7. The molecule has 6 heteroatoms. The van der Waals surface area contributed by atoms with Crippen molar-refractivity contribution in [3.05, 3.63) is 75.8 Å². The van der Waals surface area contributed by atoms with Gasteiger partial charge in [0.2, 0.25) is 0 Å². The van der Waals surface area contributed by atoms with E-state index < -0.39 is 0 Å². The van der Waals surface area contributed by atoms with Crippen LogP contribution in [0, 0.1) is 0 Å². The van der Waals surface area contributed by atoms with Crippen molar-refractivity contribution in [2.45, 2.75) is 77.7 Å². The predicted octanol–water partition coefficient (Wildman–Crippen LogP) is 5.77. The fourth-order valence-corrected chi connectivity index (χ4v) is 4.44. The maximum Gasteiger partial charge on any atom is 0.258 e. The minimum atomic E-state index is -0.358. The van der Waals surface area contributed by atoms with Crippen molar-refractivity contribution in [2.24, 2.45) is 5.73 Å². The van der Waals surface area contributed by atoms with Gasteiger partial charge in [0.1, 0.15) is 5.82 Å². The van der Waals surface area contributed by atoms with Crippen LogP contribution in [-0.2, 0) is 6.42 Å². The molecule has 0 bridgehead atoms. The van der Waals surface area contributed by atoms with E-state index in [4.69, 9.17) is 5.73 Å². The van der Waals surface area contributed by atoms with Crippen LogP contribution in [0.1, 0.15) is 93.0 Å². The molecule has 0 saturated heterocycles. The number of aryl methyl sites for hydroxylation is 1. The first-order valence-corrected chi connectivity index (χ1v) is 13.1. The molecule has 0 aliphatic rings. The van der Waals surface area contributed by atoms with Gasteiger partial charge in [0, 0.05) is 12.1 Å². The number of nitrogens with zero attached hydrogens (tertiary/aromatic N) is 2. The van der Waals surface area contributed by atoms with E-state index in [9.17, 15) is 9.59 Å². The van der Waals surface area contributed by atoms with E-state index in [1.165, 1.54) is 31.2 Å². The van der Waals surface area contributed by atoms with Crippen LogP contribution in [0.25, 0.3) is 10.9 Å². The highest BCUT2D eigenvalue weighted by Crippen LogP contribution is 2.22. The summed E-state index contributed by atoms with van der Waals surface area (Å²) < 4.78 is 0. The van der Waals surface area contributed by atoms with Crippen LogP contribution in [-0.4, -0.2) is 33.9 Å². The van der Waals surface area contributed by atoms with Crippen molar-refractivity contribution < 1.29 is 4.79 Å². The molecule has 188 valence electrons. The summed E-state index contributed by atoms with van der Waals surface area (Å²) >= 11 is 0. The van der Waals surface area contributed by atoms with Gasteiger partial charge in [-0.05, 0) is 69.0 Å². The zero-order valence-corrected chi connectivity index (χ0v) is 21.3. The number of hydrogen-bond donors (Lipinski definition) is 2. The van der Waals surface area contributed by atoms with Crippen LogP contribution in [0.5, 0.6) is 0 Å². The van der Waals surface area contributed by atoms with Gasteiger partial charge in [-0.25, -0.2) is 4.98 Å². The fraction of sp³-hybridized carbons (Fsp3) is 0.483. The van der Waals surface area contributed by atoms with Gasteiger partial charge < -0.3 is 15.6 Å². The van der Waals surface area contributed by atoms with Crippen LogP contribution in [0.15, 0.2) is 53.3 Å². The number of aromatic nitrogens is 2. The molecule has 6 nitrogen and oxygen atoms in total. The van der Waals surface area contributed by atoms with Crippen LogP contribution >= 0.6 is 0 Å². The number of unbranched alkanes of at least 4 members (excludes halogenated alkanes) is 6. The Hall–Kier alpha value is -2.99. The minimum Gasteiger partial charge on any atom is -0.330 e. The predicted molar refractivity (Wildman–Crippen MR) is 144 cm³/mol. The Morgan fingerprint density at radius 1 is 0.971 bits per heavy atom. The van der Waals surface area contributed by atoms with E-state index in [0.717, 1.165) is 32.1 Å². The van der Waals surface area contributed by atoms with Gasteiger partial charge in [-0.15, -0.1) is 0 Å². The molecule has 0 fully saturated rings. The average molecular weight is 477 g/mol. The van der Waals surface area contributed by atoms with Gasteiger partial charge in [-0.1, -0.05) is 63.3 Å². The fourth-order valence-electron chi connectivity index (χ4n) is 4.44. The van der Waals surface area contributed by atoms with Crippen molar-refractivity contribution in [1.82, 2.24) is 14.9 Å². The van der Waals surface area contributed by atoms with Gasteiger partial charge in [0.25, 0.3) is 11.5 Å². The van der Waals surface area contributed by atoms with E-state index >= 15 is 0 Å². The van der Waals surface area contributed by atoms with Gasteiger partial charge in [0.15, 0.2) is 0 Å². The Bertz CT molecular complexity index is 1120. The van der Waals surface area contributed by atoms with Gasteiger partial charge in [-0.3, -0.25) is 9.59 Å². The molecule has 0 radical (unpaired) electrons. The molecule has 35 heavy (non-hydrogen) atoms. The molecule has 2 aromatic carbocycles. The number of fused-ring (bicyclic) bond motifs is 1. The molecule has 1 aromatic heterocycles. The number of benzene rings is 2. The third kappa shape index (κ3) is 7.49. The molecule has 1 amide bonds. The lowest BCUT2D eigenvalue weighted by molar-refractivity contribution is 0.0679. The second-order valence-electron chi connectivity index (χ2n) is 9.35. The first-order chi connectivity index (χ1) is 17.0. The molecule has 0 aliphatic carbocycles. The standard InChI is InChI=1S/C29H40N4O2/c1-3-4-5-8-13-23-16-18-24(19-17-23)29(35)33(21-12-7-6-11-20-30)22(2)27-31-26-15-10-9-14-25(26)28(34)32-27/h9-10,14-19,22H,3-8,11-13,20-21,30H2,1-2H3,(H,31,32,34). The molecule has 0 spiro atoms. The Morgan fingerprint density at radius 2 is 1.69 bits per heavy atom. The minimum absolute atomic E-state index is 0.0373. The lowest BCUT2D eigenvalue weighted by Crippen LogP contribution is -2.36. The molecule has 3 rings (SSSR count). The number of H-pyrrole nitrogens is 1. The summed E-state index contributed by atoms with van der Waals surface area (Å²) in [6.45, 7) is 5.44. The zero-order chi connectivity index (χ0) is 25.0. The van der Waals surface area contributed by atoms with E-state index in [2.05, 4.69) is 29.0 Å². The molecular weight excluding hydrogens is 436 g/mol. The number of carbonyl (C=O) groups excluding carboxylic acids is 1. The van der Waals surface area contributed by atoms with Gasteiger partial charge in [-0.2, -0.15) is 0 Å². The molecule has 0 saturated carbocycles. The number of para-hydroxylation sites is 1. The number of rotatable bonds is 14. The van der Waals surface area contributed by atoms with E-state index in [0.29, 0.717) is 35.4 Å². The van der Waals surface area contributed by atoms with Crippen molar-refractivity contribution in [3.8, 4) is 0 Å². The Balaban J connectivity index is 1.79. The Kier molecular flexibility index (Phi) is 10.5. The summed E-state index contributed by atoms with van der Waals surface area (Å²) in [5, 5.41) is 0.553. The third-order valence-corrected chi connectivity index (χ3v) is 6.63. The topological polar surface area (TPSA) is 92.1 Å². The number of carbonyl (C=O) groups is 1. The van der Waals surface area contributed by atoms with Crippen LogP contribution in [0.4, 0.5) is 0 Å². The SMILES string of the molecule is CCCCCCc1ccc(C(=O)N(CCCCCCN)C(C)c2nc3ccccc3c(=O)[nH]2)cc1. The summed E-state index contributed by atoms with van der Waals surface area (Å²) in [7, 11) is 0. The molecule has 3 aromatic rings. The maximum absolute atomic E-state index is 13.6. The Morgan fingerprint density at radius 3 is 2.43 bits per heavy atom. The van der Waals surface area contributed by atoms with Crippen molar-refractivity contribution >= 4 is 16.8 Å². The van der Waals surface area contributed by atoms with Crippen molar-refractivity contribution in [1.29, 1.82) is 0 Å². The molecule has 3 N–H and O–H groups in total. The number of aromatic amines is 1. The van der Waals surface area contributed by atoms with E-state index in [-0.39, 0.29) is 17.5 Å². The molecule has 1 heterocycles. The molecule has 1 unspecified atom stereocenters. The number of nitrogens with one attached hydrogen (secondary N) is 1. The molecular formula is C29H40N4O2. The highest BCUT2D eigenvalue weighted by molar-refractivity contribution is 5.94. The maximum atomic E-state index is 13.6. The summed E-state index contributed by atoms with van der Waals surface area (Å²) in [5.41, 5.74) is 8.02. The second-order valence-corrected chi connectivity index (χ2v) is 9.35. The lowest BCUT2D eigenvalue weighted by Gasteiger charge is -2.29. The van der Waals surface area contributed by atoms with E-state index in [1.54, 1.807) is 6.07 Å². The first-order valence-electron chi connectivity index (χ1n) is 13.1. The summed E-state index contributed by atoms with van der Waals surface area (Å²) in [6, 6.07) is 14.9. The highest BCUT2D eigenvalue weighted by Gasteiger charge is 2.24. The quantitative estimate of drug-likeness (QED) is 0.289. The van der Waals surface area contributed by atoms with Gasteiger partial charge >= 0.3 is 0 Å². The van der Waals surface area contributed by atoms with Gasteiger partial charge in [0.05, 0.1) is 16.9 Å². The van der Waals surface area contributed by atoms with E-state index in [1.807, 2.05) is 42.2 Å². The van der Waals surface area contributed by atoms with Crippen LogP contribution in [0.2, 0.25) is 0 Å².